The van der Waals surface area contributed by atoms with Gasteiger partial charge in [-0.15, -0.1) is 0 Å². The van der Waals surface area contributed by atoms with Gasteiger partial charge in [-0.2, -0.15) is 0 Å². The molecule has 94 valence electrons. The van der Waals surface area contributed by atoms with Crippen molar-refractivity contribution < 1.29 is 4.74 Å². The van der Waals surface area contributed by atoms with E-state index < -0.39 is 0 Å². The first-order valence-electron chi connectivity index (χ1n) is 6.12. The Morgan fingerprint density at radius 1 is 1.06 bits per heavy atom. The summed E-state index contributed by atoms with van der Waals surface area (Å²) in [7, 11) is 0. The second-order valence-electron chi connectivity index (χ2n) is 4.64. The summed E-state index contributed by atoms with van der Waals surface area (Å²) >= 11 is 5.84. The summed E-state index contributed by atoms with van der Waals surface area (Å²) in [5, 5.41) is 0.751. The first-order valence-corrected chi connectivity index (χ1v) is 6.50. The minimum absolute atomic E-state index is 0.518. The van der Waals surface area contributed by atoms with Crippen LogP contribution < -0.4 is 4.74 Å². The third kappa shape index (κ3) is 3.51. The highest BCUT2D eigenvalue weighted by Gasteiger charge is 2.01. The molecule has 0 bridgehead atoms. The summed E-state index contributed by atoms with van der Waals surface area (Å²) < 4.78 is 5.78. The molecule has 0 aromatic heterocycles. The molecule has 18 heavy (non-hydrogen) atoms. The van der Waals surface area contributed by atoms with E-state index in [9.17, 15) is 0 Å². The molecule has 0 aliphatic heterocycles. The van der Waals surface area contributed by atoms with Crippen LogP contribution in [-0.4, -0.2) is 0 Å². The van der Waals surface area contributed by atoms with E-state index in [-0.39, 0.29) is 0 Å². The Morgan fingerprint density at radius 2 is 1.78 bits per heavy atom. The quantitative estimate of drug-likeness (QED) is 0.748. The third-order valence-corrected chi connectivity index (χ3v) is 3.10. The molecule has 0 saturated carbocycles. The minimum atomic E-state index is 0.518. The van der Waals surface area contributed by atoms with E-state index in [0.717, 1.165) is 16.3 Å². The van der Waals surface area contributed by atoms with Crippen molar-refractivity contribution in [3.05, 3.63) is 64.7 Å². The van der Waals surface area contributed by atoms with Crippen LogP contribution in [0.5, 0.6) is 5.75 Å². The number of halogens is 1. The van der Waals surface area contributed by atoms with Gasteiger partial charge in [0.15, 0.2) is 0 Å². The Kier molecular flexibility index (Phi) is 4.27. The topological polar surface area (TPSA) is 9.23 Å². The van der Waals surface area contributed by atoms with E-state index in [1.807, 2.05) is 36.4 Å². The first kappa shape index (κ1) is 13.0. The van der Waals surface area contributed by atoms with E-state index in [1.54, 1.807) is 0 Å². The molecule has 2 aromatic rings. The molecular formula is C16H17ClO. The van der Waals surface area contributed by atoms with Crippen LogP contribution in [0, 0.1) is 0 Å². The van der Waals surface area contributed by atoms with E-state index in [4.69, 9.17) is 16.3 Å². The van der Waals surface area contributed by atoms with Crippen LogP contribution in [0.2, 0.25) is 5.02 Å². The number of hydrogen-bond acceptors (Lipinski definition) is 1. The summed E-state index contributed by atoms with van der Waals surface area (Å²) in [5.41, 5.74) is 2.41. The molecule has 0 spiro atoms. The van der Waals surface area contributed by atoms with Crippen molar-refractivity contribution in [3.8, 4) is 5.75 Å². The van der Waals surface area contributed by atoms with Gasteiger partial charge in [0.2, 0.25) is 0 Å². The van der Waals surface area contributed by atoms with Crippen LogP contribution in [0.1, 0.15) is 30.9 Å². The second kappa shape index (κ2) is 5.92. The van der Waals surface area contributed by atoms with Crippen molar-refractivity contribution >= 4 is 11.6 Å². The largest absolute Gasteiger partial charge is 0.489 e. The van der Waals surface area contributed by atoms with Crippen LogP contribution in [-0.2, 0) is 6.61 Å². The van der Waals surface area contributed by atoms with Gasteiger partial charge in [0.25, 0.3) is 0 Å². The molecule has 0 saturated heterocycles. The van der Waals surface area contributed by atoms with Crippen molar-refractivity contribution in [1.29, 1.82) is 0 Å². The summed E-state index contributed by atoms with van der Waals surface area (Å²) in [6.07, 6.45) is 0. The highest BCUT2D eigenvalue weighted by molar-refractivity contribution is 6.30. The monoisotopic (exact) mass is 260 g/mol. The van der Waals surface area contributed by atoms with Gasteiger partial charge in [0, 0.05) is 5.02 Å². The number of rotatable bonds is 4. The maximum Gasteiger partial charge on any atom is 0.120 e. The predicted octanol–water partition coefficient (Wildman–Crippen LogP) is 5.04. The lowest BCUT2D eigenvalue weighted by atomic mass is 10.0. The summed E-state index contributed by atoms with van der Waals surface area (Å²) in [4.78, 5) is 0. The van der Waals surface area contributed by atoms with Crippen molar-refractivity contribution in [2.24, 2.45) is 0 Å². The van der Waals surface area contributed by atoms with Crippen molar-refractivity contribution in [2.75, 3.05) is 0 Å². The highest BCUT2D eigenvalue weighted by Crippen LogP contribution is 2.21. The van der Waals surface area contributed by atoms with Crippen molar-refractivity contribution in [1.82, 2.24) is 0 Å². The standard InChI is InChI=1S/C16H17ClO/c1-12(2)14-4-3-5-16(10-14)18-11-13-6-8-15(17)9-7-13/h3-10,12H,11H2,1-2H3. The third-order valence-electron chi connectivity index (χ3n) is 2.84. The SMILES string of the molecule is CC(C)c1cccc(OCc2ccc(Cl)cc2)c1. The second-order valence-corrected chi connectivity index (χ2v) is 5.08. The van der Waals surface area contributed by atoms with Crippen molar-refractivity contribution in [3.63, 3.8) is 0 Å². The maximum atomic E-state index is 5.84. The molecule has 0 aliphatic rings. The molecule has 0 atom stereocenters. The van der Waals surface area contributed by atoms with Crippen LogP contribution >= 0.6 is 11.6 Å². The Balaban J connectivity index is 2.01. The fraction of sp³-hybridized carbons (Fsp3) is 0.250. The highest BCUT2D eigenvalue weighted by atomic mass is 35.5. The van der Waals surface area contributed by atoms with Gasteiger partial charge in [-0.25, -0.2) is 0 Å². The lowest BCUT2D eigenvalue weighted by Crippen LogP contribution is -1.96. The van der Waals surface area contributed by atoms with Crippen LogP contribution in [0.4, 0.5) is 0 Å². The van der Waals surface area contributed by atoms with Crippen LogP contribution in [0.3, 0.4) is 0 Å². The molecule has 0 fully saturated rings. The zero-order valence-electron chi connectivity index (χ0n) is 10.7. The molecule has 0 radical (unpaired) electrons. The van der Waals surface area contributed by atoms with Gasteiger partial charge in [-0.05, 0) is 41.3 Å². The molecule has 0 unspecified atom stereocenters. The number of hydrogen-bond donors (Lipinski definition) is 0. The molecule has 1 nitrogen and oxygen atoms in total. The van der Waals surface area contributed by atoms with Crippen LogP contribution in [0.25, 0.3) is 0 Å². The normalized spacial score (nSPS) is 10.7. The van der Waals surface area contributed by atoms with Gasteiger partial charge >= 0.3 is 0 Å². The molecule has 2 rings (SSSR count). The van der Waals surface area contributed by atoms with Crippen LogP contribution in [0.15, 0.2) is 48.5 Å². The summed E-state index contributed by atoms with van der Waals surface area (Å²) in [5.74, 6) is 1.43. The Bertz CT molecular complexity index is 503. The number of ether oxygens (including phenoxy) is 1. The van der Waals surface area contributed by atoms with E-state index in [0.29, 0.717) is 12.5 Å². The average molecular weight is 261 g/mol. The average Bonchev–Trinajstić information content (AvgIpc) is 2.38. The fourth-order valence-electron chi connectivity index (χ4n) is 1.71. The smallest absolute Gasteiger partial charge is 0.120 e. The summed E-state index contributed by atoms with van der Waals surface area (Å²) in [6.45, 7) is 4.93. The Hall–Kier alpha value is -1.47. The van der Waals surface area contributed by atoms with Gasteiger partial charge in [-0.1, -0.05) is 49.7 Å². The predicted molar refractivity (Wildman–Crippen MR) is 76.3 cm³/mol. The molecule has 2 heteroatoms. The zero-order chi connectivity index (χ0) is 13.0. The molecule has 0 heterocycles. The summed E-state index contributed by atoms with van der Waals surface area (Å²) in [6, 6.07) is 16.0. The lowest BCUT2D eigenvalue weighted by Gasteiger charge is -2.10. The fourth-order valence-corrected chi connectivity index (χ4v) is 1.84. The van der Waals surface area contributed by atoms with E-state index >= 15 is 0 Å². The van der Waals surface area contributed by atoms with Gasteiger partial charge < -0.3 is 4.74 Å². The van der Waals surface area contributed by atoms with E-state index in [2.05, 4.69) is 26.0 Å². The zero-order valence-corrected chi connectivity index (χ0v) is 11.4. The first-order chi connectivity index (χ1) is 8.65. The van der Waals surface area contributed by atoms with Crippen molar-refractivity contribution in [2.45, 2.75) is 26.4 Å². The van der Waals surface area contributed by atoms with Gasteiger partial charge in [0.05, 0.1) is 0 Å². The van der Waals surface area contributed by atoms with Gasteiger partial charge in [0.1, 0.15) is 12.4 Å². The minimum Gasteiger partial charge on any atom is -0.489 e. The van der Waals surface area contributed by atoms with Gasteiger partial charge in [-0.3, -0.25) is 0 Å². The molecular weight excluding hydrogens is 244 g/mol. The molecule has 0 aliphatic carbocycles. The lowest BCUT2D eigenvalue weighted by molar-refractivity contribution is 0.306. The Labute approximate surface area is 113 Å². The molecule has 0 amide bonds. The van der Waals surface area contributed by atoms with E-state index in [1.165, 1.54) is 5.56 Å². The number of benzene rings is 2. The molecule has 0 N–H and O–H groups in total. The maximum absolute atomic E-state index is 5.84. The molecule has 2 aromatic carbocycles. The Morgan fingerprint density at radius 3 is 2.44 bits per heavy atom.